The van der Waals surface area contributed by atoms with Crippen molar-refractivity contribution < 1.29 is 13.3 Å². The lowest BCUT2D eigenvalue weighted by molar-refractivity contribution is -0.384. The molecule has 2 fully saturated rings. The monoisotopic (exact) mass is 353 g/mol. The van der Waals surface area contributed by atoms with Crippen LogP contribution >= 0.6 is 0 Å². The molecule has 3 N–H and O–H groups in total. The average Bonchev–Trinajstić information content (AvgIpc) is 2.54. The molecule has 3 rings (SSSR count). The summed E-state index contributed by atoms with van der Waals surface area (Å²) in [5.41, 5.74) is 0.124. The summed E-state index contributed by atoms with van der Waals surface area (Å²) in [6, 6.07) is 3.99. The summed E-state index contributed by atoms with van der Waals surface area (Å²) < 4.78 is 22.8. The van der Waals surface area contributed by atoms with Crippen LogP contribution in [-0.2, 0) is 10.0 Å². The highest BCUT2D eigenvalue weighted by atomic mass is 32.2. The van der Waals surface area contributed by atoms with Crippen molar-refractivity contribution in [2.45, 2.75) is 55.9 Å². The van der Waals surface area contributed by atoms with Gasteiger partial charge in [0.1, 0.15) is 5.69 Å². The molecule has 0 heterocycles. The molecule has 0 spiro atoms. The van der Waals surface area contributed by atoms with E-state index in [2.05, 4.69) is 5.32 Å². The molecule has 2 aliphatic rings. The normalized spacial score (nSPS) is 27.3. The number of anilines is 1. The van der Waals surface area contributed by atoms with Gasteiger partial charge in [0.2, 0.25) is 10.0 Å². The quantitative estimate of drug-likeness (QED) is 0.637. The van der Waals surface area contributed by atoms with E-state index in [1.165, 1.54) is 37.8 Å². The molecule has 0 aromatic heterocycles. The molecule has 1 aromatic carbocycles. The van der Waals surface area contributed by atoms with Crippen molar-refractivity contribution in [1.82, 2.24) is 0 Å². The van der Waals surface area contributed by atoms with E-state index < -0.39 is 14.9 Å². The summed E-state index contributed by atoms with van der Waals surface area (Å²) in [5.74, 6) is 1.50. The second-order valence-corrected chi connectivity index (χ2v) is 8.50. The summed E-state index contributed by atoms with van der Waals surface area (Å²) in [4.78, 5) is 10.5. The minimum absolute atomic E-state index is 0.198. The van der Waals surface area contributed by atoms with Gasteiger partial charge in [0.05, 0.1) is 9.82 Å². The van der Waals surface area contributed by atoms with Gasteiger partial charge in [0.15, 0.2) is 0 Å². The molecule has 2 saturated carbocycles. The van der Waals surface area contributed by atoms with Crippen LogP contribution in [0.2, 0.25) is 0 Å². The van der Waals surface area contributed by atoms with Crippen LogP contribution in [-0.4, -0.2) is 19.4 Å². The molecule has 0 bridgehead atoms. The van der Waals surface area contributed by atoms with E-state index in [1.54, 1.807) is 0 Å². The highest BCUT2D eigenvalue weighted by Gasteiger charge is 2.33. The molecule has 0 amide bonds. The smallest absolute Gasteiger partial charge is 0.293 e. The van der Waals surface area contributed by atoms with Gasteiger partial charge in [0, 0.05) is 12.1 Å². The number of primary sulfonamides is 1. The van der Waals surface area contributed by atoms with Crippen molar-refractivity contribution in [3.05, 3.63) is 28.3 Å². The molecule has 8 heteroatoms. The lowest BCUT2D eigenvalue weighted by atomic mass is 9.69. The number of sulfonamides is 1. The predicted molar refractivity (Wildman–Crippen MR) is 91.2 cm³/mol. The molecule has 3 unspecified atom stereocenters. The number of hydrogen-bond donors (Lipinski definition) is 2. The van der Waals surface area contributed by atoms with Gasteiger partial charge in [-0.15, -0.1) is 0 Å². The number of nitrogens with two attached hydrogens (primary N) is 1. The van der Waals surface area contributed by atoms with Gasteiger partial charge in [-0.05, 0) is 43.2 Å². The molecular weight excluding hydrogens is 330 g/mol. The Bertz CT molecular complexity index is 735. The molecule has 1 aromatic rings. The Morgan fingerprint density at radius 3 is 2.50 bits per heavy atom. The maximum Gasteiger partial charge on any atom is 0.293 e. The van der Waals surface area contributed by atoms with Crippen LogP contribution in [0.3, 0.4) is 0 Å². The van der Waals surface area contributed by atoms with E-state index in [1.807, 2.05) is 0 Å². The van der Waals surface area contributed by atoms with Crippen molar-refractivity contribution >= 4 is 21.4 Å². The SMILES string of the molecule is NS(=O)(=O)c1ccc(NC2CCC3CCCCC3C2)c([N+](=O)[O-])c1. The third-order valence-electron chi connectivity index (χ3n) is 5.39. The van der Waals surface area contributed by atoms with Crippen molar-refractivity contribution in [3.8, 4) is 0 Å². The Hall–Kier alpha value is -1.67. The zero-order valence-electron chi connectivity index (χ0n) is 13.5. The van der Waals surface area contributed by atoms with Gasteiger partial charge in [0.25, 0.3) is 5.69 Å². The van der Waals surface area contributed by atoms with Crippen molar-refractivity contribution in [2.24, 2.45) is 17.0 Å². The van der Waals surface area contributed by atoms with Crippen LogP contribution < -0.4 is 10.5 Å². The molecule has 7 nitrogen and oxygen atoms in total. The van der Waals surface area contributed by atoms with Crippen molar-refractivity contribution in [2.75, 3.05) is 5.32 Å². The third kappa shape index (κ3) is 3.70. The second kappa shape index (κ2) is 6.68. The van der Waals surface area contributed by atoms with E-state index >= 15 is 0 Å². The Labute approximate surface area is 141 Å². The van der Waals surface area contributed by atoms with Crippen molar-refractivity contribution in [1.29, 1.82) is 0 Å². The number of rotatable bonds is 4. The zero-order valence-corrected chi connectivity index (χ0v) is 14.3. The van der Waals surface area contributed by atoms with E-state index in [-0.39, 0.29) is 16.6 Å². The van der Waals surface area contributed by atoms with E-state index in [4.69, 9.17) is 5.14 Å². The van der Waals surface area contributed by atoms with Crippen LogP contribution in [0.1, 0.15) is 44.9 Å². The first-order valence-corrected chi connectivity index (χ1v) is 9.97. The predicted octanol–water partition coefficient (Wildman–Crippen LogP) is 3.01. The van der Waals surface area contributed by atoms with Crippen LogP contribution in [0.15, 0.2) is 23.1 Å². The van der Waals surface area contributed by atoms with Gasteiger partial charge < -0.3 is 5.32 Å². The average molecular weight is 353 g/mol. The summed E-state index contributed by atoms with van der Waals surface area (Å²) >= 11 is 0. The van der Waals surface area contributed by atoms with Crippen LogP contribution in [0.4, 0.5) is 11.4 Å². The molecule has 0 radical (unpaired) electrons. The number of nitro groups is 1. The van der Waals surface area contributed by atoms with Gasteiger partial charge in [-0.25, -0.2) is 13.6 Å². The van der Waals surface area contributed by atoms with Gasteiger partial charge >= 0.3 is 0 Å². The summed E-state index contributed by atoms with van der Waals surface area (Å²) in [7, 11) is -3.96. The highest BCUT2D eigenvalue weighted by molar-refractivity contribution is 7.89. The number of fused-ring (bicyclic) bond motifs is 1. The van der Waals surface area contributed by atoms with E-state index in [9.17, 15) is 18.5 Å². The first-order chi connectivity index (χ1) is 11.3. The second-order valence-electron chi connectivity index (χ2n) is 6.94. The Kier molecular flexibility index (Phi) is 4.78. The van der Waals surface area contributed by atoms with Crippen LogP contribution in [0, 0.1) is 22.0 Å². The number of nitro benzene ring substituents is 1. The Morgan fingerprint density at radius 2 is 1.83 bits per heavy atom. The van der Waals surface area contributed by atoms with Gasteiger partial charge in [-0.2, -0.15) is 0 Å². The molecule has 2 aliphatic carbocycles. The number of nitrogens with zero attached hydrogens (tertiary/aromatic N) is 1. The van der Waals surface area contributed by atoms with Crippen LogP contribution in [0.25, 0.3) is 0 Å². The molecule has 0 saturated heterocycles. The maximum atomic E-state index is 11.4. The summed E-state index contributed by atoms with van der Waals surface area (Å²) in [6.45, 7) is 0. The lowest BCUT2D eigenvalue weighted by Crippen LogP contribution is -2.34. The first-order valence-electron chi connectivity index (χ1n) is 8.42. The highest BCUT2D eigenvalue weighted by Crippen LogP contribution is 2.41. The van der Waals surface area contributed by atoms with E-state index in [0.717, 1.165) is 31.2 Å². The molecule has 24 heavy (non-hydrogen) atoms. The Balaban J connectivity index is 1.78. The lowest BCUT2D eigenvalue weighted by Gasteiger charge is -2.39. The van der Waals surface area contributed by atoms with Crippen molar-refractivity contribution in [3.63, 3.8) is 0 Å². The number of benzene rings is 1. The number of hydrogen-bond acceptors (Lipinski definition) is 5. The fraction of sp³-hybridized carbons (Fsp3) is 0.625. The molecule has 132 valence electrons. The van der Waals surface area contributed by atoms with Gasteiger partial charge in [-0.1, -0.05) is 25.7 Å². The summed E-state index contributed by atoms with van der Waals surface area (Å²) in [6.07, 6.45) is 8.33. The van der Waals surface area contributed by atoms with Gasteiger partial charge in [-0.3, -0.25) is 10.1 Å². The minimum atomic E-state index is -3.96. The minimum Gasteiger partial charge on any atom is -0.377 e. The standard InChI is InChI=1S/C16H23N3O4S/c17-24(22,23)14-7-8-15(16(10-14)19(20)21)18-13-6-5-11-3-1-2-4-12(11)9-13/h7-8,10-13,18H,1-6,9H2,(H2,17,22,23). The molecule has 0 aliphatic heterocycles. The topological polar surface area (TPSA) is 115 Å². The largest absolute Gasteiger partial charge is 0.377 e. The molecular formula is C16H23N3O4S. The van der Waals surface area contributed by atoms with E-state index in [0.29, 0.717) is 11.6 Å². The molecule has 3 atom stereocenters. The Morgan fingerprint density at radius 1 is 1.12 bits per heavy atom. The fourth-order valence-electron chi connectivity index (χ4n) is 4.19. The van der Waals surface area contributed by atoms with Crippen LogP contribution in [0.5, 0.6) is 0 Å². The fourth-order valence-corrected chi connectivity index (χ4v) is 4.72. The maximum absolute atomic E-state index is 11.4. The third-order valence-corrected chi connectivity index (χ3v) is 6.30. The first kappa shape index (κ1) is 17.2. The zero-order chi connectivity index (χ0) is 17.3. The number of nitrogens with one attached hydrogen (secondary N) is 1. The summed E-state index contributed by atoms with van der Waals surface area (Å²) in [5, 5.41) is 19.6.